The Morgan fingerprint density at radius 2 is 2.10 bits per heavy atom. The fraction of sp³-hybridized carbons (Fsp3) is 0.143. The van der Waals surface area contributed by atoms with Crippen LogP contribution < -0.4 is 15.0 Å². The maximum atomic E-state index is 12.8. The highest BCUT2D eigenvalue weighted by Crippen LogP contribution is 2.28. The van der Waals surface area contributed by atoms with Gasteiger partial charge in [0.2, 0.25) is 0 Å². The van der Waals surface area contributed by atoms with E-state index in [9.17, 15) is 9.18 Å². The van der Waals surface area contributed by atoms with Crippen molar-refractivity contribution in [1.82, 2.24) is 4.98 Å². The summed E-state index contributed by atoms with van der Waals surface area (Å²) in [6, 6.07) is 8.79. The van der Waals surface area contributed by atoms with Crippen LogP contribution in [0.1, 0.15) is 0 Å². The lowest BCUT2D eigenvalue weighted by Crippen LogP contribution is -2.41. The molecular weight excluding hydrogens is 261 g/mol. The van der Waals surface area contributed by atoms with Gasteiger partial charge in [0, 0.05) is 11.9 Å². The Morgan fingerprint density at radius 1 is 1.30 bits per heavy atom. The summed E-state index contributed by atoms with van der Waals surface area (Å²) >= 11 is 0. The van der Waals surface area contributed by atoms with Crippen molar-refractivity contribution in [2.45, 2.75) is 0 Å². The molecule has 6 heteroatoms. The van der Waals surface area contributed by atoms with E-state index in [0.717, 1.165) is 0 Å². The number of ether oxygens (including phenoxy) is 1. The van der Waals surface area contributed by atoms with Gasteiger partial charge < -0.3 is 10.1 Å². The molecule has 0 aliphatic carbocycles. The molecule has 1 N–H and O–H groups in total. The van der Waals surface area contributed by atoms with Crippen LogP contribution in [0.5, 0.6) is 5.75 Å². The Morgan fingerprint density at radius 3 is 2.90 bits per heavy atom. The predicted molar refractivity (Wildman–Crippen MR) is 72.5 cm³/mol. The highest BCUT2D eigenvalue weighted by atomic mass is 19.1. The molecule has 0 spiro atoms. The van der Waals surface area contributed by atoms with E-state index in [4.69, 9.17) is 4.74 Å². The van der Waals surface area contributed by atoms with E-state index in [0.29, 0.717) is 30.4 Å². The number of amides is 2. The van der Waals surface area contributed by atoms with E-state index in [1.54, 1.807) is 18.3 Å². The van der Waals surface area contributed by atoms with Gasteiger partial charge in [-0.3, -0.25) is 4.90 Å². The summed E-state index contributed by atoms with van der Waals surface area (Å²) in [4.78, 5) is 17.9. The maximum absolute atomic E-state index is 12.8. The maximum Gasteiger partial charge on any atom is 0.327 e. The highest BCUT2D eigenvalue weighted by Gasteiger charge is 2.24. The molecule has 0 bridgehead atoms. The van der Waals surface area contributed by atoms with Crippen molar-refractivity contribution in [2.75, 3.05) is 23.4 Å². The standard InChI is InChI=1S/C14H12FN3O2/c15-10-3-5-11(6-4-10)17-14(19)18-8-9-20-12-2-1-7-16-13(12)18/h1-7H,8-9H2,(H,17,19). The number of urea groups is 1. The van der Waals surface area contributed by atoms with Crippen LogP contribution in [0.25, 0.3) is 0 Å². The second kappa shape index (κ2) is 5.16. The first kappa shape index (κ1) is 12.4. The minimum atomic E-state index is -0.346. The first-order valence-electron chi connectivity index (χ1n) is 6.16. The lowest BCUT2D eigenvalue weighted by molar-refractivity contribution is 0.249. The first-order valence-corrected chi connectivity index (χ1v) is 6.16. The average molecular weight is 273 g/mol. The zero-order chi connectivity index (χ0) is 13.9. The van der Waals surface area contributed by atoms with Crippen LogP contribution in [-0.2, 0) is 0 Å². The van der Waals surface area contributed by atoms with Gasteiger partial charge in [-0.25, -0.2) is 14.2 Å². The zero-order valence-electron chi connectivity index (χ0n) is 10.5. The third-order valence-electron chi connectivity index (χ3n) is 2.92. The number of hydrogen-bond acceptors (Lipinski definition) is 3. The van der Waals surface area contributed by atoms with E-state index in [1.807, 2.05) is 0 Å². The van der Waals surface area contributed by atoms with Gasteiger partial charge in [0.05, 0.1) is 6.54 Å². The number of rotatable bonds is 1. The number of aromatic nitrogens is 1. The number of carbonyl (C=O) groups excluding carboxylic acids is 1. The van der Waals surface area contributed by atoms with E-state index < -0.39 is 0 Å². The number of carbonyl (C=O) groups is 1. The topological polar surface area (TPSA) is 54.5 Å². The molecule has 2 amide bonds. The molecule has 102 valence electrons. The van der Waals surface area contributed by atoms with Crippen LogP contribution in [-0.4, -0.2) is 24.2 Å². The number of benzene rings is 1. The summed E-state index contributed by atoms with van der Waals surface area (Å²) in [5.74, 6) is 0.716. The molecule has 1 aromatic carbocycles. The minimum Gasteiger partial charge on any atom is -0.488 e. The monoisotopic (exact) mass is 273 g/mol. The number of pyridine rings is 1. The fourth-order valence-corrected chi connectivity index (χ4v) is 1.97. The molecule has 0 fully saturated rings. The zero-order valence-corrected chi connectivity index (χ0v) is 10.5. The van der Waals surface area contributed by atoms with Crippen molar-refractivity contribution in [3.8, 4) is 5.75 Å². The van der Waals surface area contributed by atoms with E-state index >= 15 is 0 Å². The Labute approximate surface area is 115 Å². The van der Waals surface area contributed by atoms with E-state index in [1.165, 1.54) is 29.2 Å². The summed E-state index contributed by atoms with van der Waals surface area (Å²) < 4.78 is 18.3. The SMILES string of the molecule is O=C(Nc1ccc(F)cc1)N1CCOc2cccnc21. The van der Waals surface area contributed by atoms with Gasteiger partial charge in [-0.1, -0.05) is 0 Å². The normalized spacial score (nSPS) is 13.3. The predicted octanol–water partition coefficient (Wildman–Crippen LogP) is 2.65. The van der Waals surface area contributed by atoms with Crippen LogP contribution in [0.15, 0.2) is 42.6 Å². The number of nitrogens with zero attached hydrogens (tertiary/aromatic N) is 2. The van der Waals surface area contributed by atoms with Gasteiger partial charge in [0.1, 0.15) is 12.4 Å². The van der Waals surface area contributed by atoms with Crippen molar-refractivity contribution >= 4 is 17.5 Å². The van der Waals surface area contributed by atoms with Crippen LogP contribution in [0.3, 0.4) is 0 Å². The van der Waals surface area contributed by atoms with Crippen LogP contribution in [0.4, 0.5) is 20.7 Å². The van der Waals surface area contributed by atoms with Gasteiger partial charge in [-0.15, -0.1) is 0 Å². The second-order valence-electron chi connectivity index (χ2n) is 4.26. The van der Waals surface area contributed by atoms with Crippen molar-refractivity contribution in [1.29, 1.82) is 0 Å². The largest absolute Gasteiger partial charge is 0.488 e. The Balaban J connectivity index is 1.80. The summed E-state index contributed by atoms with van der Waals surface area (Å²) in [5.41, 5.74) is 0.528. The van der Waals surface area contributed by atoms with Crippen molar-refractivity contribution in [3.05, 3.63) is 48.4 Å². The molecule has 1 aliphatic heterocycles. The summed E-state index contributed by atoms with van der Waals surface area (Å²) in [6.45, 7) is 0.826. The molecule has 20 heavy (non-hydrogen) atoms. The second-order valence-corrected chi connectivity index (χ2v) is 4.26. The van der Waals surface area contributed by atoms with Crippen LogP contribution >= 0.6 is 0 Å². The molecule has 0 radical (unpaired) electrons. The van der Waals surface area contributed by atoms with Gasteiger partial charge in [-0.05, 0) is 36.4 Å². The molecule has 2 heterocycles. The minimum absolute atomic E-state index is 0.320. The Hall–Kier alpha value is -2.63. The van der Waals surface area contributed by atoms with E-state index in [2.05, 4.69) is 10.3 Å². The first-order chi connectivity index (χ1) is 9.74. The molecular formula is C14H12FN3O2. The summed E-state index contributed by atoms with van der Waals surface area (Å²) in [5, 5.41) is 2.70. The van der Waals surface area contributed by atoms with Crippen LogP contribution in [0.2, 0.25) is 0 Å². The summed E-state index contributed by atoms with van der Waals surface area (Å²) in [6.07, 6.45) is 1.60. The summed E-state index contributed by atoms with van der Waals surface area (Å²) in [7, 11) is 0. The highest BCUT2D eigenvalue weighted by molar-refractivity contribution is 6.02. The third kappa shape index (κ3) is 2.40. The lowest BCUT2D eigenvalue weighted by atomic mass is 10.3. The molecule has 1 aliphatic rings. The third-order valence-corrected chi connectivity index (χ3v) is 2.92. The van der Waals surface area contributed by atoms with Crippen LogP contribution in [0, 0.1) is 5.82 Å². The van der Waals surface area contributed by atoms with Gasteiger partial charge in [-0.2, -0.15) is 0 Å². The number of anilines is 2. The molecule has 2 aromatic rings. The lowest BCUT2D eigenvalue weighted by Gasteiger charge is -2.28. The number of hydrogen-bond donors (Lipinski definition) is 1. The van der Waals surface area contributed by atoms with Crippen molar-refractivity contribution in [2.24, 2.45) is 0 Å². The Kier molecular flexibility index (Phi) is 3.20. The molecule has 5 nitrogen and oxygen atoms in total. The fourth-order valence-electron chi connectivity index (χ4n) is 1.97. The molecule has 0 unspecified atom stereocenters. The average Bonchev–Trinajstić information content (AvgIpc) is 2.49. The smallest absolute Gasteiger partial charge is 0.327 e. The van der Waals surface area contributed by atoms with Gasteiger partial charge in [0.15, 0.2) is 11.6 Å². The van der Waals surface area contributed by atoms with Gasteiger partial charge in [0.25, 0.3) is 0 Å². The Bertz CT molecular complexity index is 631. The van der Waals surface area contributed by atoms with E-state index in [-0.39, 0.29) is 11.8 Å². The van der Waals surface area contributed by atoms with Crippen molar-refractivity contribution in [3.63, 3.8) is 0 Å². The molecule has 0 saturated heterocycles. The number of fused-ring (bicyclic) bond motifs is 1. The number of nitrogens with one attached hydrogen (secondary N) is 1. The molecule has 1 aromatic heterocycles. The molecule has 0 saturated carbocycles. The quantitative estimate of drug-likeness (QED) is 0.869. The van der Waals surface area contributed by atoms with Gasteiger partial charge >= 0.3 is 6.03 Å². The number of halogens is 1. The molecule has 3 rings (SSSR count). The van der Waals surface area contributed by atoms with Crippen molar-refractivity contribution < 1.29 is 13.9 Å². The molecule has 0 atom stereocenters.